The average molecular weight is 279 g/mol. The van der Waals surface area contributed by atoms with Gasteiger partial charge < -0.3 is 5.32 Å². The molecule has 0 spiro atoms. The van der Waals surface area contributed by atoms with Crippen LogP contribution in [0.2, 0.25) is 0 Å². The second kappa shape index (κ2) is 6.80. The van der Waals surface area contributed by atoms with E-state index < -0.39 is 0 Å². The van der Waals surface area contributed by atoms with Crippen LogP contribution >= 0.6 is 11.3 Å². The van der Waals surface area contributed by atoms with Gasteiger partial charge >= 0.3 is 0 Å². The first-order chi connectivity index (χ1) is 9.24. The van der Waals surface area contributed by atoms with E-state index in [4.69, 9.17) is 0 Å². The van der Waals surface area contributed by atoms with Gasteiger partial charge in [-0.3, -0.25) is 4.79 Å². The largest absolute Gasteiger partial charge is 0.300 e. The van der Waals surface area contributed by atoms with Crippen LogP contribution in [0.25, 0.3) is 0 Å². The normalized spacial score (nSPS) is 18.8. The van der Waals surface area contributed by atoms with E-state index in [0.29, 0.717) is 11.0 Å². The Hall–Kier alpha value is -1.23. The maximum Gasteiger partial charge on any atom is 0.229 e. The van der Waals surface area contributed by atoms with Crippen LogP contribution in [0.3, 0.4) is 0 Å². The summed E-state index contributed by atoms with van der Waals surface area (Å²) in [6.45, 7) is 4.31. The molecule has 1 aliphatic rings. The molecule has 0 aromatic carbocycles. The van der Waals surface area contributed by atoms with Crippen molar-refractivity contribution in [3.63, 3.8) is 0 Å². The third-order valence-electron chi connectivity index (χ3n) is 3.65. The number of hydrogen-bond donors (Lipinski definition) is 1. The highest BCUT2D eigenvalue weighted by molar-refractivity contribution is 7.15. The van der Waals surface area contributed by atoms with Gasteiger partial charge in [-0.05, 0) is 32.1 Å². The zero-order valence-electron chi connectivity index (χ0n) is 11.6. The fourth-order valence-electron chi connectivity index (χ4n) is 2.33. The predicted molar refractivity (Wildman–Crippen MR) is 78.3 cm³/mol. The van der Waals surface area contributed by atoms with Crippen molar-refractivity contribution >= 4 is 22.4 Å². The van der Waals surface area contributed by atoms with Gasteiger partial charge in [0.15, 0.2) is 0 Å². The standard InChI is InChI=1S/C14H21N3OS/c1-3-10(4-2)13-16-17-14(19-13)15-12(18)11-8-6-5-7-9-11/h5-6,10-11H,3-4,7-9H2,1-2H3,(H,15,17,18)/t11-/m0/s1. The van der Waals surface area contributed by atoms with E-state index in [1.165, 1.54) is 11.3 Å². The van der Waals surface area contributed by atoms with Crippen molar-refractivity contribution in [1.29, 1.82) is 0 Å². The Bertz CT molecular complexity index is 451. The summed E-state index contributed by atoms with van der Waals surface area (Å²) in [6.07, 6.45) is 9.11. The monoisotopic (exact) mass is 279 g/mol. The highest BCUT2D eigenvalue weighted by atomic mass is 32.1. The van der Waals surface area contributed by atoms with Crippen LogP contribution in [0.5, 0.6) is 0 Å². The molecule has 0 fully saturated rings. The number of carbonyl (C=O) groups is 1. The molecule has 1 heterocycles. The molecule has 0 bridgehead atoms. The molecule has 5 heteroatoms. The van der Waals surface area contributed by atoms with Crippen molar-refractivity contribution in [2.24, 2.45) is 5.92 Å². The molecule has 0 unspecified atom stereocenters. The summed E-state index contributed by atoms with van der Waals surface area (Å²) >= 11 is 1.51. The van der Waals surface area contributed by atoms with Gasteiger partial charge in [0.1, 0.15) is 5.01 Å². The van der Waals surface area contributed by atoms with Crippen LogP contribution in [0, 0.1) is 5.92 Å². The molecule has 1 aromatic rings. The number of amides is 1. The van der Waals surface area contributed by atoms with Crippen molar-refractivity contribution in [1.82, 2.24) is 10.2 Å². The second-order valence-electron chi connectivity index (χ2n) is 4.93. The van der Waals surface area contributed by atoms with Crippen molar-refractivity contribution in [2.45, 2.75) is 51.9 Å². The zero-order chi connectivity index (χ0) is 13.7. The molecule has 0 saturated heterocycles. The van der Waals surface area contributed by atoms with Crippen LogP contribution in [0.4, 0.5) is 5.13 Å². The van der Waals surface area contributed by atoms with Gasteiger partial charge in [0.05, 0.1) is 0 Å². The molecular weight excluding hydrogens is 258 g/mol. The van der Waals surface area contributed by atoms with Crippen molar-refractivity contribution < 1.29 is 4.79 Å². The molecule has 1 aliphatic carbocycles. The van der Waals surface area contributed by atoms with Gasteiger partial charge in [-0.25, -0.2) is 0 Å². The Morgan fingerprint density at radius 2 is 2.21 bits per heavy atom. The summed E-state index contributed by atoms with van der Waals surface area (Å²) in [5.74, 6) is 0.628. The molecule has 0 radical (unpaired) electrons. The Morgan fingerprint density at radius 1 is 1.42 bits per heavy atom. The van der Waals surface area contributed by atoms with Gasteiger partial charge in [-0.1, -0.05) is 37.3 Å². The summed E-state index contributed by atoms with van der Waals surface area (Å²) in [5, 5.41) is 12.9. The lowest BCUT2D eigenvalue weighted by Crippen LogP contribution is -2.23. The van der Waals surface area contributed by atoms with Gasteiger partial charge in [-0.2, -0.15) is 0 Å². The van der Waals surface area contributed by atoms with Gasteiger partial charge in [-0.15, -0.1) is 10.2 Å². The number of rotatable bonds is 5. The number of allylic oxidation sites excluding steroid dienone is 2. The Balaban J connectivity index is 1.95. The molecular formula is C14H21N3OS. The Kier molecular flexibility index (Phi) is 5.07. The van der Waals surface area contributed by atoms with Crippen LogP contribution < -0.4 is 5.32 Å². The molecule has 1 aromatic heterocycles. The minimum Gasteiger partial charge on any atom is -0.300 e. The minimum atomic E-state index is 0.0802. The van der Waals surface area contributed by atoms with E-state index in [1.807, 2.05) is 0 Å². The van der Waals surface area contributed by atoms with Crippen LogP contribution in [-0.4, -0.2) is 16.1 Å². The lowest BCUT2D eigenvalue weighted by Gasteiger charge is -2.15. The number of aromatic nitrogens is 2. The summed E-state index contributed by atoms with van der Waals surface area (Å²) in [7, 11) is 0. The first-order valence-corrected chi connectivity index (χ1v) is 7.85. The third kappa shape index (κ3) is 3.62. The molecule has 1 amide bonds. The zero-order valence-corrected chi connectivity index (χ0v) is 12.4. The average Bonchev–Trinajstić information content (AvgIpc) is 2.89. The van der Waals surface area contributed by atoms with E-state index in [-0.39, 0.29) is 11.8 Å². The maximum absolute atomic E-state index is 12.1. The molecule has 2 rings (SSSR count). The molecule has 0 saturated carbocycles. The SMILES string of the molecule is CCC(CC)c1nnc(NC(=O)[C@H]2CC=CCC2)s1. The van der Waals surface area contributed by atoms with Crippen molar-refractivity contribution in [3.05, 3.63) is 17.2 Å². The molecule has 0 aliphatic heterocycles. The highest BCUT2D eigenvalue weighted by Crippen LogP contribution is 2.28. The van der Waals surface area contributed by atoms with E-state index >= 15 is 0 Å². The third-order valence-corrected chi connectivity index (χ3v) is 4.65. The lowest BCUT2D eigenvalue weighted by atomic mass is 9.94. The topological polar surface area (TPSA) is 54.9 Å². The van der Waals surface area contributed by atoms with E-state index in [9.17, 15) is 4.79 Å². The predicted octanol–water partition coefficient (Wildman–Crippen LogP) is 3.74. The summed E-state index contributed by atoms with van der Waals surface area (Å²) < 4.78 is 0. The van der Waals surface area contributed by atoms with Gasteiger partial charge in [0.25, 0.3) is 0 Å². The van der Waals surface area contributed by atoms with Crippen LogP contribution in [-0.2, 0) is 4.79 Å². The molecule has 19 heavy (non-hydrogen) atoms. The van der Waals surface area contributed by atoms with Gasteiger partial charge in [0, 0.05) is 11.8 Å². The number of nitrogens with zero attached hydrogens (tertiary/aromatic N) is 2. The molecule has 104 valence electrons. The summed E-state index contributed by atoms with van der Waals surface area (Å²) in [5.41, 5.74) is 0. The maximum atomic E-state index is 12.1. The fourth-order valence-corrected chi connectivity index (χ4v) is 3.34. The Labute approximate surface area is 118 Å². The van der Waals surface area contributed by atoms with Crippen LogP contribution in [0.15, 0.2) is 12.2 Å². The van der Waals surface area contributed by atoms with E-state index in [1.54, 1.807) is 0 Å². The summed E-state index contributed by atoms with van der Waals surface area (Å²) in [6, 6.07) is 0. The smallest absolute Gasteiger partial charge is 0.229 e. The van der Waals surface area contributed by atoms with Crippen LogP contribution in [0.1, 0.15) is 56.9 Å². The quantitative estimate of drug-likeness (QED) is 0.835. The first kappa shape index (κ1) is 14.2. The number of anilines is 1. The number of carbonyl (C=O) groups excluding carboxylic acids is 1. The summed E-state index contributed by atoms with van der Waals surface area (Å²) in [4.78, 5) is 12.1. The van der Waals surface area contributed by atoms with Gasteiger partial charge in [0.2, 0.25) is 11.0 Å². The molecule has 4 nitrogen and oxygen atoms in total. The van der Waals surface area contributed by atoms with Crippen molar-refractivity contribution in [2.75, 3.05) is 5.32 Å². The first-order valence-electron chi connectivity index (χ1n) is 7.03. The molecule has 1 atom stereocenters. The fraction of sp³-hybridized carbons (Fsp3) is 0.643. The van der Waals surface area contributed by atoms with E-state index in [2.05, 4.69) is 41.5 Å². The van der Waals surface area contributed by atoms with Crippen molar-refractivity contribution in [3.8, 4) is 0 Å². The molecule has 1 N–H and O–H groups in total. The number of hydrogen-bond acceptors (Lipinski definition) is 4. The second-order valence-corrected chi connectivity index (χ2v) is 5.94. The van der Waals surface area contributed by atoms with E-state index in [0.717, 1.165) is 37.1 Å². The minimum absolute atomic E-state index is 0.0802. The number of nitrogens with one attached hydrogen (secondary N) is 1. The Morgan fingerprint density at radius 3 is 2.84 bits per heavy atom. The lowest BCUT2D eigenvalue weighted by molar-refractivity contribution is -0.120. The highest BCUT2D eigenvalue weighted by Gasteiger charge is 2.20.